The molecule has 1 rings (SSSR count). The van der Waals surface area contributed by atoms with E-state index in [0.717, 1.165) is 13.0 Å². The summed E-state index contributed by atoms with van der Waals surface area (Å²) in [4.78, 5) is 15.4. The molecule has 0 saturated carbocycles. The lowest BCUT2D eigenvalue weighted by Crippen LogP contribution is -2.26. The summed E-state index contributed by atoms with van der Waals surface area (Å²) in [6.07, 6.45) is 2.00. The van der Waals surface area contributed by atoms with Crippen molar-refractivity contribution >= 4 is 5.91 Å². The maximum absolute atomic E-state index is 11.3. The van der Waals surface area contributed by atoms with E-state index >= 15 is 0 Å². The maximum atomic E-state index is 11.3. The number of nitrogens with one attached hydrogen (secondary N) is 2. The summed E-state index contributed by atoms with van der Waals surface area (Å²) in [6.45, 7) is 3.15. The molecule has 0 atom stereocenters. The van der Waals surface area contributed by atoms with Crippen LogP contribution in [0.4, 0.5) is 0 Å². The Hall–Kier alpha value is -1.43. The molecule has 0 saturated heterocycles. The highest BCUT2D eigenvalue weighted by Crippen LogP contribution is 1.95. The van der Waals surface area contributed by atoms with Gasteiger partial charge in [0.1, 0.15) is 0 Å². The summed E-state index contributed by atoms with van der Waals surface area (Å²) in [6, 6.07) is 0. The number of nitrogens with zero attached hydrogens (tertiary/aromatic N) is 2. The van der Waals surface area contributed by atoms with Crippen molar-refractivity contribution in [2.24, 2.45) is 0 Å². The number of hydrogen-bond acceptors (Lipinski definition) is 5. The largest absolute Gasteiger partial charge is 0.356 e. The second-order valence-corrected chi connectivity index (χ2v) is 3.54. The van der Waals surface area contributed by atoms with E-state index in [1.165, 1.54) is 0 Å². The molecular weight excluding hydrogens is 208 g/mol. The SMILES string of the molecule is CNCCCC(=O)NCCc1noc(C)n1. The van der Waals surface area contributed by atoms with Gasteiger partial charge in [-0.1, -0.05) is 5.16 Å². The van der Waals surface area contributed by atoms with Gasteiger partial charge in [-0.05, 0) is 20.0 Å². The van der Waals surface area contributed by atoms with Gasteiger partial charge in [-0.3, -0.25) is 4.79 Å². The van der Waals surface area contributed by atoms with Gasteiger partial charge < -0.3 is 15.2 Å². The molecule has 16 heavy (non-hydrogen) atoms. The van der Waals surface area contributed by atoms with Gasteiger partial charge in [-0.25, -0.2) is 0 Å². The minimum Gasteiger partial charge on any atom is -0.356 e. The van der Waals surface area contributed by atoms with Crippen molar-refractivity contribution in [1.82, 2.24) is 20.8 Å². The van der Waals surface area contributed by atoms with Crippen LogP contribution in [0.2, 0.25) is 0 Å². The van der Waals surface area contributed by atoms with Crippen LogP contribution in [0, 0.1) is 6.92 Å². The Bertz CT molecular complexity index is 324. The molecule has 2 N–H and O–H groups in total. The number of amides is 1. The molecule has 1 heterocycles. The summed E-state index contributed by atoms with van der Waals surface area (Å²) in [7, 11) is 1.87. The van der Waals surface area contributed by atoms with E-state index < -0.39 is 0 Å². The third kappa shape index (κ3) is 4.88. The summed E-state index contributed by atoms with van der Waals surface area (Å²) >= 11 is 0. The van der Waals surface area contributed by atoms with E-state index in [4.69, 9.17) is 4.52 Å². The fourth-order valence-electron chi connectivity index (χ4n) is 1.27. The number of carbonyl (C=O) groups is 1. The highest BCUT2D eigenvalue weighted by atomic mass is 16.5. The zero-order chi connectivity index (χ0) is 11.8. The van der Waals surface area contributed by atoms with Crippen molar-refractivity contribution in [3.63, 3.8) is 0 Å². The molecule has 0 spiro atoms. The van der Waals surface area contributed by atoms with E-state index in [2.05, 4.69) is 20.8 Å². The fraction of sp³-hybridized carbons (Fsp3) is 0.700. The Balaban J connectivity index is 2.08. The van der Waals surface area contributed by atoms with Crippen molar-refractivity contribution in [1.29, 1.82) is 0 Å². The molecule has 0 bridgehead atoms. The zero-order valence-corrected chi connectivity index (χ0v) is 9.75. The van der Waals surface area contributed by atoms with Crippen molar-refractivity contribution in [2.75, 3.05) is 20.1 Å². The molecule has 0 radical (unpaired) electrons. The van der Waals surface area contributed by atoms with Gasteiger partial charge in [-0.2, -0.15) is 4.98 Å². The molecule has 1 aromatic rings. The van der Waals surface area contributed by atoms with Gasteiger partial charge >= 0.3 is 0 Å². The lowest BCUT2D eigenvalue weighted by molar-refractivity contribution is -0.121. The van der Waals surface area contributed by atoms with Gasteiger partial charge in [0.15, 0.2) is 5.82 Å². The van der Waals surface area contributed by atoms with E-state index in [9.17, 15) is 4.79 Å². The first-order chi connectivity index (χ1) is 7.72. The number of aromatic nitrogens is 2. The molecule has 1 aromatic heterocycles. The van der Waals surface area contributed by atoms with Crippen molar-refractivity contribution in [3.8, 4) is 0 Å². The van der Waals surface area contributed by atoms with Gasteiger partial charge in [-0.15, -0.1) is 0 Å². The molecule has 0 unspecified atom stereocenters. The Morgan fingerprint density at radius 2 is 2.25 bits per heavy atom. The Morgan fingerprint density at radius 3 is 2.88 bits per heavy atom. The second kappa shape index (κ2) is 6.95. The van der Waals surface area contributed by atoms with Crippen molar-refractivity contribution in [2.45, 2.75) is 26.2 Å². The number of rotatable bonds is 7. The van der Waals surface area contributed by atoms with Gasteiger partial charge in [0, 0.05) is 26.3 Å². The molecule has 6 heteroatoms. The Labute approximate surface area is 94.8 Å². The van der Waals surface area contributed by atoms with Crippen LogP contribution in [-0.4, -0.2) is 36.2 Å². The summed E-state index contributed by atoms with van der Waals surface area (Å²) in [5.41, 5.74) is 0. The number of hydrogen-bond donors (Lipinski definition) is 2. The molecular formula is C10H18N4O2. The summed E-state index contributed by atoms with van der Waals surface area (Å²) in [5.74, 6) is 1.25. The molecule has 0 aliphatic rings. The smallest absolute Gasteiger partial charge is 0.223 e. The van der Waals surface area contributed by atoms with Crippen LogP contribution in [0.1, 0.15) is 24.6 Å². The molecule has 90 valence electrons. The van der Waals surface area contributed by atoms with Crippen LogP contribution in [-0.2, 0) is 11.2 Å². The minimum atomic E-state index is 0.0652. The van der Waals surface area contributed by atoms with Crippen LogP contribution < -0.4 is 10.6 Å². The molecule has 0 aliphatic carbocycles. The lowest BCUT2D eigenvalue weighted by Gasteiger charge is -2.02. The second-order valence-electron chi connectivity index (χ2n) is 3.54. The van der Waals surface area contributed by atoms with E-state index in [0.29, 0.717) is 31.1 Å². The zero-order valence-electron chi connectivity index (χ0n) is 9.75. The molecule has 0 fully saturated rings. The topological polar surface area (TPSA) is 80.0 Å². The third-order valence-electron chi connectivity index (χ3n) is 2.07. The highest BCUT2D eigenvalue weighted by Gasteiger charge is 2.03. The van der Waals surface area contributed by atoms with Crippen LogP contribution in [0.25, 0.3) is 0 Å². The van der Waals surface area contributed by atoms with Gasteiger partial charge in [0.05, 0.1) is 0 Å². The van der Waals surface area contributed by atoms with E-state index in [1.54, 1.807) is 6.92 Å². The fourth-order valence-corrected chi connectivity index (χ4v) is 1.27. The van der Waals surface area contributed by atoms with Crippen LogP contribution in [0.15, 0.2) is 4.52 Å². The number of carbonyl (C=O) groups excluding carboxylic acids is 1. The summed E-state index contributed by atoms with van der Waals surface area (Å²) < 4.78 is 4.82. The lowest BCUT2D eigenvalue weighted by atomic mass is 10.3. The van der Waals surface area contributed by atoms with Gasteiger partial charge in [0.25, 0.3) is 0 Å². The summed E-state index contributed by atoms with van der Waals surface area (Å²) in [5, 5.41) is 9.55. The normalized spacial score (nSPS) is 10.4. The third-order valence-corrected chi connectivity index (χ3v) is 2.07. The van der Waals surface area contributed by atoms with E-state index in [-0.39, 0.29) is 5.91 Å². The first kappa shape index (κ1) is 12.6. The Morgan fingerprint density at radius 1 is 1.44 bits per heavy atom. The van der Waals surface area contributed by atoms with Crippen LogP contribution in [0.3, 0.4) is 0 Å². The molecule has 0 aromatic carbocycles. The first-order valence-corrected chi connectivity index (χ1v) is 5.43. The Kier molecular flexibility index (Phi) is 5.49. The van der Waals surface area contributed by atoms with Crippen molar-refractivity contribution in [3.05, 3.63) is 11.7 Å². The average Bonchev–Trinajstić information content (AvgIpc) is 2.65. The first-order valence-electron chi connectivity index (χ1n) is 5.43. The molecule has 0 aliphatic heterocycles. The number of aryl methyl sites for hydroxylation is 1. The van der Waals surface area contributed by atoms with E-state index in [1.807, 2.05) is 7.05 Å². The maximum Gasteiger partial charge on any atom is 0.223 e. The predicted octanol–water partition coefficient (Wildman–Crippen LogP) is 0.0363. The monoisotopic (exact) mass is 226 g/mol. The standard InChI is InChI=1S/C10H18N4O2/c1-8-13-9(14-16-8)5-7-12-10(15)4-3-6-11-2/h11H,3-7H2,1-2H3,(H,12,15). The van der Waals surface area contributed by atoms with Crippen molar-refractivity contribution < 1.29 is 9.32 Å². The van der Waals surface area contributed by atoms with Gasteiger partial charge in [0.2, 0.25) is 11.8 Å². The minimum absolute atomic E-state index is 0.0652. The van der Waals surface area contributed by atoms with Crippen LogP contribution >= 0.6 is 0 Å². The molecule has 1 amide bonds. The van der Waals surface area contributed by atoms with Crippen LogP contribution in [0.5, 0.6) is 0 Å². The quantitative estimate of drug-likeness (QED) is 0.641. The molecule has 6 nitrogen and oxygen atoms in total. The average molecular weight is 226 g/mol. The highest BCUT2D eigenvalue weighted by molar-refractivity contribution is 5.75. The predicted molar refractivity (Wildman–Crippen MR) is 58.9 cm³/mol.